The Morgan fingerprint density at radius 3 is 1.40 bits per heavy atom. The van der Waals surface area contributed by atoms with Crippen molar-refractivity contribution in [2.45, 2.75) is 197 Å². The van der Waals surface area contributed by atoms with Gasteiger partial charge in [-0.05, 0) is 154 Å². The Hall–Kier alpha value is -8.19. The normalized spacial score (nSPS) is 13.0. The van der Waals surface area contributed by atoms with Crippen LogP contribution in [0.5, 0.6) is 11.5 Å². The number of fused-ring (bicyclic) bond motifs is 1. The van der Waals surface area contributed by atoms with Gasteiger partial charge in [0.2, 0.25) is 0 Å². The van der Waals surface area contributed by atoms with Gasteiger partial charge in [-0.25, -0.2) is 14.2 Å². The van der Waals surface area contributed by atoms with E-state index in [1.165, 1.54) is 0 Å². The number of anilines is 1. The number of esters is 2. The molecule has 0 atom stereocenters. The molecule has 1 heterocycles. The van der Waals surface area contributed by atoms with Gasteiger partial charge in [0.05, 0.1) is 12.2 Å². The maximum absolute atomic E-state index is 13.5. The number of aryl methyl sites for hydroxylation is 3. The minimum absolute atomic E-state index is 0.194. The van der Waals surface area contributed by atoms with Gasteiger partial charge in [0.25, 0.3) is 0 Å². The number of allylic oxidation sites excluding steroid dienone is 5. The highest BCUT2D eigenvalue weighted by atomic mass is 16.7. The highest BCUT2D eigenvalue weighted by Crippen LogP contribution is 2.45. The molecule has 0 N–H and O–H groups in total. The SMILES string of the molecule is CCN(CCOC(=O)CCc1cc(C(C)(C)C)c(OC(=O)OC(C)(C)C)c(C(C)(C)C)c1)c1ccc(C(=C2C=CC(=[N+](CC)CCOC(=O)CCc3cc(C(C)(C)C)c(OC(=O)OC(C)(C)C)c(C(C)(C)C)c3)C=C2)c2c(-c3ccccc3)n(C)c3ccccc23)cc1. The molecule has 0 amide bonds. The van der Waals surface area contributed by atoms with Crippen LogP contribution in [-0.2, 0) is 70.1 Å². The third-order valence-corrected chi connectivity index (χ3v) is 16.4. The highest BCUT2D eigenvalue weighted by molar-refractivity contribution is 6.08. The summed E-state index contributed by atoms with van der Waals surface area (Å²) < 4.78 is 39.5. The van der Waals surface area contributed by atoms with E-state index in [0.29, 0.717) is 50.5 Å². The van der Waals surface area contributed by atoms with Crippen molar-refractivity contribution in [1.29, 1.82) is 0 Å². The van der Waals surface area contributed by atoms with Gasteiger partial charge in [-0.3, -0.25) is 9.59 Å². The number of benzene rings is 5. The summed E-state index contributed by atoms with van der Waals surface area (Å²) in [5, 5.41) is 1.14. The Kier molecular flexibility index (Phi) is 22.8. The molecule has 1 aliphatic rings. The highest BCUT2D eigenvalue weighted by Gasteiger charge is 2.34. The van der Waals surface area contributed by atoms with Crippen molar-refractivity contribution in [2.75, 3.05) is 44.3 Å². The molecule has 13 heteroatoms. The molecule has 0 unspecified atom stereocenters. The second-order valence-electron chi connectivity index (χ2n) is 30.4. The number of carbonyl (C=O) groups is 4. The van der Waals surface area contributed by atoms with Crippen LogP contribution in [0.1, 0.15) is 196 Å². The van der Waals surface area contributed by atoms with Crippen molar-refractivity contribution < 1.29 is 52.2 Å². The van der Waals surface area contributed by atoms with Crippen LogP contribution in [0.25, 0.3) is 27.7 Å². The molecule has 7 rings (SSSR count). The number of carbonyl (C=O) groups excluding carboxylic acids is 4. The molecule has 13 nitrogen and oxygen atoms in total. The molecule has 0 saturated heterocycles. The number of likely N-dealkylation sites (N-methyl/N-ethyl adjacent to an activating group) is 2. The van der Waals surface area contributed by atoms with Crippen molar-refractivity contribution in [3.05, 3.63) is 178 Å². The number of aromatic nitrogens is 1. The van der Waals surface area contributed by atoms with Gasteiger partial charge in [0.1, 0.15) is 42.5 Å². The maximum atomic E-state index is 13.5. The molecular formula is C80H104N3O10+. The minimum atomic E-state index is -0.749. The number of hydrogen-bond acceptors (Lipinski definition) is 11. The zero-order valence-electron chi connectivity index (χ0n) is 59.6. The lowest BCUT2D eigenvalue weighted by atomic mass is 9.78. The van der Waals surface area contributed by atoms with Gasteiger partial charge in [-0.1, -0.05) is 168 Å². The van der Waals surface area contributed by atoms with Crippen molar-refractivity contribution >= 4 is 52.1 Å². The van der Waals surface area contributed by atoms with E-state index < -0.39 is 23.5 Å². The summed E-state index contributed by atoms with van der Waals surface area (Å²) in [6.45, 7) is 43.0. The van der Waals surface area contributed by atoms with Gasteiger partial charge in [-0.15, -0.1) is 0 Å². The molecular weight excluding hydrogens is 1160 g/mol. The van der Waals surface area contributed by atoms with E-state index >= 15 is 0 Å². The summed E-state index contributed by atoms with van der Waals surface area (Å²) in [6, 6.07) is 36.0. The first-order valence-electron chi connectivity index (χ1n) is 33.1. The second-order valence-corrected chi connectivity index (χ2v) is 30.4. The van der Waals surface area contributed by atoms with E-state index in [1.807, 2.05) is 71.9 Å². The number of ether oxygens (including phenoxy) is 6. The van der Waals surface area contributed by atoms with Gasteiger partial charge in [0.15, 0.2) is 12.3 Å². The molecule has 498 valence electrons. The maximum Gasteiger partial charge on any atom is 0.514 e. The quantitative estimate of drug-likeness (QED) is 0.0313. The van der Waals surface area contributed by atoms with Crippen LogP contribution in [0.2, 0.25) is 0 Å². The monoisotopic (exact) mass is 1270 g/mol. The van der Waals surface area contributed by atoms with Crippen LogP contribution in [-0.4, -0.2) is 89.7 Å². The van der Waals surface area contributed by atoms with Crippen molar-refractivity contribution in [1.82, 2.24) is 4.57 Å². The van der Waals surface area contributed by atoms with E-state index in [4.69, 9.17) is 28.4 Å². The standard InChI is InChI=1S/C80H104N3O10/c1-22-82(45-47-88-66(84)43-33-53-49-61(75(3,4)5)71(62(50-53)76(6,7)8)90-73(86)92-79(15,16)17)58-39-35-55(36-40-58)68(69-60-31-27-28-32-65(60)81(21)70(69)57-29-25-24-26-30-57)56-37-41-59(42-38-56)83(23-2)46-48-89-67(85)44-34-54-51-63(77(9,10)11)72(64(52-54)78(12,13)14)91-74(87)93-80(18,19)20/h24-32,35-42,49-52H,22-23,33-34,43-48H2,1-21H3/q+1. The average Bonchev–Trinajstić information content (AvgIpc) is 1.66. The molecule has 0 fully saturated rings. The zero-order valence-corrected chi connectivity index (χ0v) is 59.6. The van der Waals surface area contributed by atoms with Crippen molar-refractivity contribution in [2.24, 2.45) is 7.05 Å². The summed E-state index contributed by atoms with van der Waals surface area (Å²) in [5.74, 6) is 0.439. The predicted molar refractivity (Wildman–Crippen MR) is 378 cm³/mol. The summed E-state index contributed by atoms with van der Waals surface area (Å²) in [7, 11) is 2.14. The largest absolute Gasteiger partial charge is 0.514 e. The van der Waals surface area contributed by atoms with Crippen LogP contribution in [0.4, 0.5) is 15.3 Å². The molecule has 0 radical (unpaired) electrons. The number of rotatable bonds is 20. The van der Waals surface area contributed by atoms with E-state index in [9.17, 15) is 19.2 Å². The Morgan fingerprint density at radius 1 is 0.527 bits per heavy atom. The first kappa shape index (κ1) is 72.2. The third-order valence-electron chi connectivity index (χ3n) is 16.4. The van der Waals surface area contributed by atoms with Crippen LogP contribution in [0, 0.1) is 0 Å². The summed E-state index contributed by atoms with van der Waals surface area (Å²) >= 11 is 0. The minimum Gasteiger partial charge on any atom is -0.464 e. The van der Waals surface area contributed by atoms with Gasteiger partial charge in [0, 0.05) is 83.0 Å². The van der Waals surface area contributed by atoms with E-state index in [-0.39, 0.29) is 59.7 Å². The lowest BCUT2D eigenvalue weighted by Crippen LogP contribution is -2.28. The Balaban J connectivity index is 1.09. The fourth-order valence-corrected chi connectivity index (χ4v) is 11.7. The molecule has 0 saturated carbocycles. The first-order valence-corrected chi connectivity index (χ1v) is 33.1. The van der Waals surface area contributed by atoms with Gasteiger partial charge < -0.3 is 37.9 Å². The molecule has 6 aromatic rings. The van der Waals surface area contributed by atoms with Crippen LogP contribution in [0.15, 0.2) is 133 Å². The molecule has 1 aromatic heterocycles. The molecule has 5 aromatic carbocycles. The number of nitrogens with zero attached hydrogens (tertiary/aromatic N) is 3. The molecule has 0 spiro atoms. The third kappa shape index (κ3) is 19.2. The lowest BCUT2D eigenvalue weighted by Gasteiger charge is -2.30. The fourth-order valence-electron chi connectivity index (χ4n) is 11.7. The average molecular weight is 1270 g/mol. The topological polar surface area (TPSA) is 135 Å². The smallest absolute Gasteiger partial charge is 0.464 e. The predicted octanol–water partition coefficient (Wildman–Crippen LogP) is 18.2. The van der Waals surface area contributed by atoms with Crippen LogP contribution >= 0.6 is 0 Å². The molecule has 0 aliphatic heterocycles. The first-order chi connectivity index (χ1) is 43.4. The van der Waals surface area contributed by atoms with Gasteiger partial charge >= 0.3 is 24.2 Å². The van der Waals surface area contributed by atoms with E-state index in [1.54, 1.807) is 0 Å². The molecule has 93 heavy (non-hydrogen) atoms. The van der Waals surface area contributed by atoms with Crippen LogP contribution in [0.3, 0.4) is 0 Å². The zero-order chi connectivity index (χ0) is 68.6. The molecule has 1 aliphatic carbocycles. The second kappa shape index (κ2) is 29.4. The van der Waals surface area contributed by atoms with Crippen LogP contribution < -0.4 is 14.4 Å². The number of hydrogen-bond donors (Lipinski definition) is 0. The Bertz CT molecular complexity index is 3710. The van der Waals surface area contributed by atoms with Gasteiger partial charge in [-0.2, -0.15) is 0 Å². The fraction of sp³-hybridized carbons (Fsp3) is 0.463. The Morgan fingerprint density at radius 2 is 0.968 bits per heavy atom. The summed E-state index contributed by atoms with van der Waals surface area (Å²) in [4.78, 5) is 55.3. The summed E-state index contributed by atoms with van der Waals surface area (Å²) in [5.41, 5.74) is 12.1. The van der Waals surface area contributed by atoms with Crippen molar-refractivity contribution in [3.63, 3.8) is 0 Å². The van der Waals surface area contributed by atoms with E-state index in [2.05, 4.69) is 215 Å². The Labute approximate surface area is 554 Å². The summed E-state index contributed by atoms with van der Waals surface area (Å²) in [6.07, 6.45) is 8.52. The lowest BCUT2D eigenvalue weighted by molar-refractivity contribution is -0.524. The van der Waals surface area contributed by atoms with Crippen molar-refractivity contribution in [3.8, 4) is 22.8 Å². The molecule has 0 bridgehead atoms. The van der Waals surface area contributed by atoms with E-state index in [0.717, 1.165) is 89.2 Å². The number of para-hydroxylation sites is 1.